The summed E-state index contributed by atoms with van der Waals surface area (Å²) in [7, 11) is 0. The first-order chi connectivity index (χ1) is 8.56. The molecule has 1 aromatic rings. The molecule has 0 bridgehead atoms. The zero-order valence-electron chi connectivity index (χ0n) is 10.5. The number of amides is 1. The van der Waals surface area contributed by atoms with Gasteiger partial charge in [0.05, 0.1) is 11.1 Å². The Bertz CT molecular complexity index is 453. The van der Waals surface area contributed by atoms with Crippen molar-refractivity contribution in [2.75, 3.05) is 5.33 Å². The molecule has 0 spiro atoms. The van der Waals surface area contributed by atoms with Crippen molar-refractivity contribution in [2.45, 2.75) is 38.1 Å². The van der Waals surface area contributed by atoms with Gasteiger partial charge in [0.2, 0.25) is 0 Å². The van der Waals surface area contributed by atoms with Gasteiger partial charge in [-0.2, -0.15) is 0 Å². The summed E-state index contributed by atoms with van der Waals surface area (Å²) >= 11 is 3.49. The van der Waals surface area contributed by atoms with Gasteiger partial charge in [0, 0.05) is 5.33 Å². The SMILES string of the molecule is Cc1ccc(C(=O)NC2(CBr)CCCC2)c(O)c1. The molecule has 0 heterocycles. The van der Waals surface area contributed by atoms with Crippen molar-refractivity contribution in [1.82, 2.24) is 5.32 Å². The molecule has 0 aromatic heterocycles. The smallest absolute Gasteiger partial charge is 0.255 e. The van der Waals surface area contributed by atoms with Crippen LogP contribution in [0.1, 0.15) is 41.6 Å². The van der Waals surface area contributed by atoms with Crippen LogP contribution in [0, 0.1) is 6.92 Å². The molecule has 0 radical (unpaired) electrons. The highest BCUT2D eigenvalue weighted by Gasteiger charge is 2.34. The lowest BCUT2D eigenvalue weighted by Crippen LogP contribution is -2.47. The first-order valence-corrected chi connectivity index (χ1v) is 7.37. The lowest BCUT2D eigenvalue weighted by Gasteiger charge is -2.28. The molecule has 1 amide bonds. The van der Waals surface area contributed by atoms with Crippen molar-refractivity contribution in [2.24, 2.45) is 0 Å². The summed E-state index contributed by atoms with van der Waals surface area (Å²) in [6, 6.07) is 5.13. The number of carbonyl (C=O) groups excluding carboxylic acids is 1. The molecule has 0 unspecified atom stereocenters. The number of aromatic hydroxyl groups is 1. The number of rotatable bonds is 3. The molecule has 1 aliphatic carbocycles. The summed E-state index contributed by atoms with van der Waals surface area (Å²) in [6.45, 7) is 1.89. The number of carbonyl (C=O) groups is 1. The first kappa shape index (κ1) is 13.4. The molecule has 0 atom stereocenters. The third-order valence-corrected chi connectivity index (χ3v) is 4.67. The zero-order valence-corrected chi connectivity index (χ0v) is 12.1. The van der Waals surface area contributed by atoms with E-state index in [4.69, 9.17) is 0 Å². The largest absolute Gasteiger partial charge is 0.507 e. The van der Waals surface area contributed by atoms with Crippen LogP contribution in [0.15, 0.2) is 18.2 Å². The first-order valence-electron chi connectivity index (χ1n) is 6.24. The lowest BCUT2D eigenvalue weighted by atomic mass is 9.99. The molecule has 4 heteroatoms. The summed E-state index contributed by atoms with van der Waals surface area (Å²) < 4.78 is 0. The van der Waals surface area contributed by atoms with Crippen molar-refractivity contribution < 1.29 is 9.90 Å². The quantitative estimate of drug-likeness (QED) is 0.843. The Morgan fingerprint density at radius 1 is 1.44 bits per heavy atom. The average Bonchev–Trinajstić information content (AvgIpc) is 2.78. The molecule has 98 valence electrons. The Morgan fingerprint density at radius 2 is 2.11 bits per heavy atom. The van der Waals surface area contributed by atoms with Gasteiger partial charge >= 0.3 is 0 Å². The van der Waals surface area contributed by atoms with E-state index in [-0.39, 0.29) is 17.2 Å². The van der Waals surface area contributed by atoms with Crippen LogP contribution in [0.4, 0.5) is 0 Å². The number of nitrogens with one attached hydrogen (secondary N) is 1. The van der Waals surface area contributed by atoms with E-state index in [0.717, 1.165) is 36.6 Å². The molecule has 1 aromatic carbocycles. The molecular weight excluding hydrogens is 294 g/mol. The van der Waals surface area contributed by atoms with E-state index >= 15 is 0 Å². The van der Waals surface area contributed by atoms with Crippen LogP contribution in [0.2, 0.25) is 0 Å². The van der Waals surface area contributed by atoms with Crippen LogP contribution in [-0.4, -0.2) is 21.9 Å². The fourth-order valence-corrected chi connectivity index (χ4v) is 3.19. The predicted octanol–water partition coefficient (Wildman–Crippen LogP) is 3.14. The van der Waals surface area contributed by atoms with Gasteiger partial charge in [0.25, 0.3) is 5.91 Å². The van der Waals surface area contributed by atoms with Gasteiger partial charge in [-0.25, -0.2) is 0 Å². The summed E-state index contributed by atoms with van der Waals surface area (Å²) in [5, 5.41) is 13.7. The van der Waals surface area contributed by atoms with Crippen LogP contribution in [0.25, 0.3) is 0 Å². The van der Waals surface area contributed by atoms with Crippen LogP contribution >= 0.6 is 15.9 Å². The molecular formula is C14H18BrNO2. The molecule has 2 rings (SSSR count). The van der Waals surface area contributed by atoms with Gasteiger partial charge in [-0.3, -0.25) is 4.79 Å². The standard InChI is InChI=1S/C14H18BrNO2/c1-10-4-5-11(12(17)8-10)13(18)16-14(9-15)6-2-3-7-14/h4-5,8,17H,2-3,6-7,9H2,1H3,(H,16,18). The van der Waals surface area contributed by atoms with Gasteiger partial charge in [0.15, 0.2) is 0 Å². The highest BCUT2D eigenvalue weighted by atomic mass is 79.9. The van der Waals surface area contributed by atoms with Gasteiger partial charge in [-0.15, -0.1) is 0 Å². The van der Waals surface area contributed by atoms with Crippen molar-refractivity contribution in [3.63, 3.8) is 0 Å². The van der Waals surface area contributed by atoms with Crippen molar-refractivity contribution in [3.05, 3.63) is 29.3 Å². The molecule has 2 N–H and O–H groups in total. The topological polar surface area (TPSA) is 49.3 Å². The fourth-order valence-electron chi connectivity index (χ4n) is 2.49. The number of alkyl halides is 1. The van der Waals surface area contributed by atoms with E-state index in [0.29, 0.717) is 5.56 Å². The second kappa shape index (κ2) is 5.31. The Kier molecular flexibility index (Phi) is 3.95. The Balaban J connectivity index is 2.16. The van der Waals surface area contributed by atoms with Gasteiger partial charge in [0.1, 0.15) is 5.75 Å². The number of benzene rings is 1. The van der Waals surface area contributed by atoms with E-state index in [1.54, 1.807) is 12.1 Å². The van der Waals surface area contributed by atoms with Gasteiger partial charge in [-0.05, 0) is 37.5 Å². The highest BCUT2D eigenvalue weighted by molar-refractivity contribution is 9.09. The summed E-state index contributed by atoms with van der Waals surface area (Å²) in [4.78, 5) is 12.2. The maximum absolute atomic E-state index is 12.2. The average molecular weight is 312 g/mol. The zero-order chi connectivity index (χ0) is 13.2. The number of phenols is 1. The number of halogens is 1. The molecule has 3 nitrogen and oxygen atoms in total. The van der Waals surface area contributed by atoms with Crippen molar-refractivity contribution in [1.29, 1.82) is 0 Å². The maximum Gasteiger partial charge on any atom is 0.255 e. The highest BCUT2D eigenvalue weighted by Crippen LogP contribution is 2.32. The molecule has 1 fully saturated rings. The van der Waals surface area contributed by atoms with Crippen LogP contribution < -0.4 is 5.32 Å². The molecule has 0 saturated heterocycles. The second-order valence-electron chi connectivity index (χ2n) is 5.10. The van der Waals surface area contributed by atoms with Crippen LogP contribution in [-0.2, 0) is 0 Å². The summed E-state index contributed by atoms with van der Waals surface area (Å²) in [5.41, 5.74) is 1.15. The van der Waals surface area contributed by atoms with E-state index < -0.39 is 0 Å². The van der Waals surface area contributed by atoms with Crippen LogP contribution in [0.5, 0.6) is 5.75 Å². The van der Waals surface area contributed by atoms with Gasteiger partial charge < -0.3 is 10.4 Å². The number of phenolic OH excluding ortho intramolecular Hbond substituents is 1. The van der Waals surface area contributed by atoms with Gasteiger partial charge in [-0.1, -0.05) is 34.8 Å². The van der Waals surface area contributed by atoms with Crippen LogP contribution in [0.3, 0.4) is 0 Å². The number of hydrogen-bond donors (Lipinski definition) is 2. The number of aryl methyl sites for hydroxylation is 1. The van der Waals surface area contributed by atoms with E-state index in [2.05, 4.69) is 21.2 Å². The third-order valence-electron chi connectivity index (χ3n) is 3.59. The maximum atomic E-state index is 12.2. The lowest BCUT2D eigenvalue weighted by molar-refractivity contribution is 0.0907. The predicted molar refractivity (Wildman–Crippen MR) is 75.3 cm³/mol. The summed E-state index contributed by atoms with van der Waals surface area (Å²) in [5.74, 6) is -0.135. The molecule has 18 heavy (non-hydrogen) atoms. The normalized spacial score (nSPS) is 17.7. The minimum Gasteiger partial charge on any atom is -0.507 e. The monoisotopic (exact) mass is 311 g/mol. The summed E-state index contributed by atoms with van der Waals surface area (Å²) in [6.07, 6.45) is 4.28. The Labute approximate surface area is 116 Å². The van der Waals surface area contributed by atoms with E-state index in [1.807, 2.05) is 13.0 Å². The Hall–Kier alpha value is -1.03. The minimum absolute atomic E-state index is 0.0511. The van der Waals surface area contributed by atoms with E-state index in [9.17, 15) is 9.90 Å². The minimum atomic E-state index is -0.186. The molecule has 1 saturated carbocycles. The van der Waals surface area contributed by atoms with Crippen molar-refractivity contribution in [3.8, 4) is 5.75 Å². The number of hydrogen-bond acceptors (Lipinski definition) is 2. The molecule has 0 aliphatic heterocycles. The second-order valence-corrected chi connectivity index (χ2v) is 5.66. The van der Waals surface area contributed by atoms with Crippen molar-refractivity contribution >= 4 is 21.8 Å². The third kappa shape index (κ3) is 2.69. The Morgan fingerprint density at radius 3 is 2.67 bits per heavy atom. The molecule has 1 aliphatic rings. The van der Waals surface area contributed by atoms with E-state index in [1.165, 1.54) is 0 Å². The fraction of sp³-hybridized carbons (Fsp3) is 0.500.